The molecular weight excluding hydrogens is 328 g/mol. The lowest BCUT2D eigenvalue weighted by Gasteiger charge is -2.15. The molecule has 0 saturated heterocycles. The first-order valence-corrected chi connectivity index (χ1v) is 6.45. The number of rotatable bonds is 4. The molecule has 20 heavy (non-hydrogen) atoms. The summed E-state index contributed by atoms with van der Waals surface area (Å²) in [6, 6.07) is 3.46. The van der Waals surface area contributed by atoms with Gasteiger partial charge in [0.2, 0.25) is 5.75 Å². The fraction of sp³-hybridized carbons (Fsp3) is 0.231. The number of benzene rings is 1. The van der Waals surface area contributed by atoms with Crippen molar-refractivity contribution in [3.05, 3.63) is 33.2 Å². The van der Waals surface area contributed by atoms with Crippen LogP contribution in [0.25, 0.3) is 11.4 Å². The molecule has 2 rings (SSSR count). The minimum absolute atomic E-state index is 0.271. The lowest BCUT2D eigenvalue weighted by Crippen LogP contribution is -2.09. The minimum Gasteiger partial charge on any atom is -0.493 e. The Morgan fingerprint density at radius 3 is 2.35 bits per heavy atom. The second kappa shape index (κ2) is 5.96. The van der Waals surface area contributed by atoms with E-state index < -0.39 is 0 Å². The van der Waals surface area contributed by atoms with E-state index in [2.05, 4.69) is 25.9 Å². The highest BCUT2D eigenvalue weighted by Crippen LogP contribution is 2.43. The number of hydrogen-bond donors (Lipinski definition) is 1. The molecule has 0 saturated carbocycles. The molecule has 0 bridgehead atoms. The van der Waals surface area contributed by atoms with E-state index in [1.54, 1.807) is 12.1 Å². The van der Waals surface area contributed by atoms with Crippen molar-refractivity contribution < 1.29 is 14.2 Å². The maximum Gasteiger partial charge on any atom is 0.265 e. The van der Waals surface area contributed by atoms with Crippen LogP contribution in [0, 0.1) is 0 Å². The molecule has 6 nitrogen and oxygen atoms in total. The highest BCUT2D eigenvalue weighted by molar-refractivity contribution is 9.10. The molecule has 0 aliphatic carbocycles. The van der Waals surface area contributed by atoms with E-state index in [0.29, 0.717) is 33.1 Å². The quantitative estimate of drug-likeness (QED) is 0.923. The molecular formula is C13H13BrN2O4. The third-order valence-electron chi connectivity index (χ3n) is 2.72. The lowest BCUT2D eigenvalue weighted by atomic mass is 10.1. The number of aromatic nitrogens is 2. The Hall–Kier alpha value is -2.02. The zero-order valence-corrected chi connectivity index (χ0v) is 12.8. The van der Waals surface area contributed by atoms with E-state index in [0.717, 1.165) is 0 Å². The van der Waals surface area contributed by atoms with Crippen LogP contribution in [-0.4, -0.2) is 31.3 Å². The summed E-state index contributed by atoms with van der Waals surface area (Å²) >= 11 is 3.11. The van der Waals surface area contributed by atoms with Gasteiger partial charge in [-0.25, -0.2) is 4.98 Å². The second-order valence-electron chi connectivity index (χ2n) is 3.79. The molecule has 0 spiro atoms. The van der Waals surface area contributed by atoms with Gasteiger partial charge < -0.3 is 19.2 Å². The molecule has 0 unspecified atom stereocenters. The Kier molecular flexibility index (Phi) is 4.29. The molecule has 2 aromatic rings. The maximum atomic E-state index is 11.7. The molecule has 1 N–H and O–H groups in total. The minimum atomic E-state index is -0.271. The van der Waals surface area contributed by atoms with Gasteiger partial charge in [-0.1, -0.05) is 0 Å². The molecule has 0 atom stereocenters. The first-order chi connectivity index (χ1) is 9.62. The van der Waals surface area contributed by atoms with E-state index in [1.807, 2.05) is 0 Å². The number of H-pyrrole nitrogens is 1. The fourth-order valence-electron chi connectivity index (χ4n) is 1.80. The summed E-state index contributed by atoms with van der Waals surface area (Å²) in [6.45, 7) is 0. The van der Waals surface area contributed by atoms with Crippen molar-refractivity contribution >= 4 is 15.9 Å². The van der Waals surface area contributed by atoms with E-state index in [4.69, 9.17) is 14.2 Å². The van der Waals surface area contributed by atoms with Gasteiger partial charge in [0.25, 0.3) is 5.56 Å². The van der Waals surface area contributed by atoms with Crippen LogP contribution in [-0.2, 0) is 0 Å². The number of methoxy groups -OCH3 is 3. The SMILES string of the molecule is COc1ccc(-c2ncc(Br)c(=O)[nH]2)c(OC)c1OC. The predicted octanol–water partition coefficient (Wildman–Crippen LogP) is 2.23. The number of hydrogen-bond acceptors (Lipinski definition) is 5. The summed E-state index contributed by atoms with van der Waals surface area (Å²) in [7, 11) is 4.57. The van der Waals surface area contributed by atoms with Crippen LogP contribution in [0.1, 0.15) is 0 Å². The van der Waals surface area contributed by atoms with E-state index in [1.165, 1.54) is 27.5 Å². The van der Waals surface area contributed by atoms with Crippen LogP contribution >= 0.6 is 15.9 Å². The first kappa shape index (κ1) is 14.4. The molecule has 1 aromatic carbocycles. The Morgan fingerprint density at radius 2 is 1.80 bits per heavy atom. The van der Waals surface area contributed by atoms with Crippen molar-refractivity contribution in [3.8, 4) is 28.6 Å². The number of ether oxygens (including phenoxy) is 3. The topological polar surface area (TPSA) is 73.4 Å². The van der Waals surface area contributed by atoms with Gasteiger partial charge in [0.1, 0.15) is 10.3 Å². The molecule has 0 amide bonds. The number of halogens is 1. The molecule has 0 aliphatic heterocycles. The molecule has 106 valence electrons. The van der Waals surface area contributed by atoms with Crippen LogP contribution in [0.4, 0.5) is 0 Å². The average molecular weight is 341 g/mol. The van der Waals surface area contributed by atoms with Crippen LogP contribution in [0.15, 0.2) is 27.6 Å². The maximum absolute atomic E-state index is 11.7. The van der Waals surface area contributed by atoms with Crippen LogP contribution in [0.2, 0.25) is 0 Å². The lowest BCUT2D eigenvalue weighted by molar-refractivity contribution is 0.325. The fourth-order valence-corrected chi connectivity index (χ4v) is 2.01. The van der Waals surface area contributed by atoms with E-state index in [-0.39, 0.29) is 5.56 Å². The summed E-state index contributed by atoms with van der Waals surface area (Å²) in [5.41, 5.74) is 0.335. The summed E-state index contributed by atoms with van der Waals surface area (Å²) < 4.78 is 16.2. The monoisotopic (exact) mass is 340 g/mol. The van der Waals surface area contributed by atoms with Gasteiger partial charge in [0.15, 0.2) is 11.5 Å². The Balaban J connectivity index is 2.67. The predicted molar refractivity (Wildman–Crippen MR) is 77.6 cm³/mol. The standard InChI is InChI=1S/C13H13BrN2O4/c1-18-9-5-4-7(10(19-2)11(9)20-3)12-15-6-8(14)13(17)16-12/h4-6H,1-3H3,(H,15,16,17). The van der Waals surface area contributed by atoms with Crippen molar-refractivity contribution in [1.82, 2.24) is 9.97 Å². The van der Waals surface area contributed by atoms with Crippen molar-refractivity contribution in [2.75, 3.05) is 21.3 Å². The number of nitrogens with zero attached hydrogens (tertiary/aromatic N) is 1. The normalized spacial score (nSPS) is 10.2. The zero-order chi connectivity index (χ0) is 14.7. The largest absolute Gasteiger partial charge is 0.493 e. The van der Waals surface area contributed by atoms with Crippen molar-refractivity contribution in [1.29, 1.82) is 0 Å². The molecule has 0 aliphatic rings. The number of aromatic amines is 1. The van der Waals surface area contributed by atoms with Gasteiger partial charge in [0.05, 0.1) is 26.9 Å². The van der Waals surface area contributed by atoms with E-state index >= 15 is 0 Å². The Bertz CT molecular complexity index is 685. The third-order valence-corrected chi connectivity index (χ3v) is 3.28. The van der Waals surface area contributed by atoms with Crippen molar-refractivity contribution in [2.45, 2.75) is 0 Å². The Labute approximate surface area is 123 Å². The van der Waals surface area contributed by atoms with Crippen molar-refractivity contribution in [3.63, 3.8) is 0 Å². The Morgan fingerprint density at radius 1 is 1.10 bits per heavy atom. The van der Waals surface area contributed by atoms with Gasteiger partial charge in [-0.05, 0) is 28.1 Å². The van der Waals surface area contributed by atoms with Gasteiger partial charge in [-0.15, -0.1) is 0 Å². The second-order valence-corrected chi connectivity index (χ2v) is 4.65. The summed E-state index contributed by atoms with van der Waals surface area (Å²) in [5, 5.41) is 0. The molecule has 1 aromatic heterocycles. The summed E-state index contributed by atoms with van der Waals surface area (Å²) in [6.07, 6.45) is 1.43. The highest BCUT2D eigenvalue weighted by Gasteiger charge is 2.18. The van der Waals surface area contributed by atoms with Crippen LogP contribution in [0.5, 0.6) is 17.2 Å². The first-order valence-electron chi connectivity index (χ1n) is 5.66. The summed E-state index contributed by atoms with van der Waals surface area (Å²) in [4.78, 5) is 18.5. The zero-order valence-electron chi connectivity index (χ0n) is 11.2. The third kappa shape index (κ3) is 2.49. The van der Waals surface area contributed by atoms with Gasteiger partial charge in [0, 0.05) is 6.20 Å². The summed E-state index contributed by atoms with van der Waals surface area (Å²) in [5.74, 6) is 1.80. The molecule has 0 radical (unpaired) electrons. The van der Waals surface area contributed by atoms with Gasteiger partial charge in [-0.3, -0.25) is 4.79 Å². The molecule has 7 heteroatoms. The van der Waals surface area contributed by atoms with Gasteiger partial charge in [-0.2, -0.15) is 0 Å². The average Bonchev–Trinajstić information content (AvgIpc) is 2.48. The van der Waals surface area contributed by atoms with Crippen LogP contribution in [0.3, 0.4) is 0 Å². The smallest absolute Gasteiger partial charge is 0.265 e. The van der Waals surface area contributed by atoms with Crippen molar-refractivity contribution in [2.24, 2.45) is 0 Å². The highest BCUT2D eigenvalue weighted by atomic mass is 79.9. The van der Waals surface area contributed by atoms with Crippen LogP contribution < -0.4 is 19.8 Å². The molecule has 1 heterocycles. The van der Waals surface area contributed by atoms with E-state index in [9.17, 15) is 4.79 Å². The van der Waals surface area contributed by atoms with Gasteiger partial charge >= 0.3 is 0 Å². The molecule has 0 fully saturated rings. The number of nitrogens with one attached hydrogen (secondary N) is 1.